The topological polar surface area (TPSA) is 36.4 Å². The standard InChI is InChI=1S/C19H19F4N3O/c1-25(17-15(19(21,22)23)8-4-10-24-17)13-6-5-11-26(12-13)18(27)14-7-2-3-9-16(14)20/h2-4,7-10,13H,5-6,11-12H2,1H3. The third-order valence-electron chi connectivity index (χ3n) is 4.76. The highest BCUT2D eigenvalue weighted by Crippen LogP contribution is 2.36. The van der Waals surface area contributed by atoms with Crippen LogP contribution in [0.1, 0.15) is 28.8 Å². The van der Waals surface area contributed by atoms with Crippen LogP contribution in [-0.4, -0.2) is 42.0 Å². The molecule has 2 heterocycles. The summed E-state index contributed by atoms with van der Waals surface area (Å²) in [6.07, 6.45) is -1.98. The normalized spacial score (nSPS) is 17.7. The maximum absolute atomic E-state index is 13.9. The third kappa shape index (κ3) is 4.04. The van der Waals surface area contributed by atoms with E-state index >= 15 is 0 Å². The minimum atomic E-state index is -4.52. The second-order valence-corrected chi connectivity index (χ2v) is 6.51. The summed E-state index contributed by atoms with van der Waals surface area (Å²) in [5, 5.41) is 0. The van der Waals surface area contributed by atoms with Crippen molar-refractivity contribution in [3.8, 4) is 0 Å². The maximum atomic E-state index is 13.9. The number of carbonyl (C=O) groups excluding carboxylic acids is 1. The maximum Gasteiger partial charge on any atom is 0.419 e. The predicted octanol–water partition coefficient (Wildman–Crippen LogP) is 3.98. The number of benzene rings is 1. The van der Waals surface area contributed by atoms with Crippen LogP contribution < -0.4 is 4.90 Å². The first-order valence-electron chi connectivity index (χ1n) is 8.58. The van der Waals surface area contributed by atoms with Crippen molar-refractivity contribution in [2.45, 2.75) is 25.1 Å². The number of nitrogens with zero attached hydrogens (tertiary/aromatic N) is 3. The van der Waals surface area contributed by atoms with Crippen LogP contribution in [0.3, 0.4) is 0 Å². The zero-order valence-electron chi connectivity index (χ0n) is 14.7. The van der Waals surface area contributed by atoms with Gasteiger partial charge in [-0.25, -0.2) is 9.37 Å². The van der Waals surface area contributed by atoms with Crippen molar-refractivity contribution in [2.24, 2.45) is 0 Å². The van der Waals surface area contributed by atoms with E-state index in [1.807, 2.05) is 0 Å². The SMILES string of the molecule is CN(c1ncccc1C(F)(F)F)C1CCCN(C(=O)c2ccccc2F)C1. The lowest BCUT2D eigenvalue weighted by atomic mass is 10.0. The monoisotopic (exact) mass is 381 g/mol. The summed E-state index contributed by atoms with van der Waals surface area (Å²) in [4.78, 5) is 19.5. The zero-order chi connectivity index (χ0) is 19.6. The molecule has 27 heavy (non-hydrogen) atoms. The van der Waals surface area contributed by atoms with Crippen molar-refractivity contribution in [1.82, 2.24) is 9.88 Å². The molecule has 1 aliphatic rings. The van der Waals surface area contributed by atoms with Gasteiger partial charge in [-0.1, -0.05) is 12.1 Å². The minimum absolute atomic E-state index is 0.0328. The molecule has 4 nitrogen and oxygen atoms in total. The van der Waals surface area contributed by atoms with Gasteiger partial charge in [-0.05, 0) is 37.1 Å². The van der Waals surface area contributed by atoms with Crippen LogP contribution in [0.4, 0.5) is 23.4 Å². The third-order valence-corrected chi connectivity index (χ3v) is 4.76. The van der Waals surface area contributed by atoms with Crippen molar-refractivity contribution in [2.75, 3.05) is 25.0 Å². The van der Waals surface area contributed by atoms with Crippen LogP contribution in [-0.2, 0) is 6.18 Å². The lowest BCUT2D eigenvalue weighted by Gasteiger charge is -2.38. The Morgan fingerprint density at radius 3 is 2.67 bits per heavy atom. The molecule has 1 amide bonds. The van der Waals surface area contributed by atoms with E-state index in [9.17, 15) is 22.4 Å². The Morgan fingerprint density at radius 2 is 1.96 bits per heavy atom. The fourth-order valence-corrected chi connectivity index (χ4v) is 3.33. The molecule has 0 saturated carbocycles. The molecule has 3 rings (SSSR count). The lowest BCUT2D eigenvalue weighted by Crippen LogP contribution is -2.49. The van der Waals surface area contributed by atoms with Gasteiger partial charge in [-0.3, -0.25) is 4.79 Å². The molecule has 0 aliphatic carbocycles. The van der Waals surface area contributed by atoms with Gasteiger partial charge in [0.25, 0.3) is 5.91 Å². The predicted molar refractivity (Wildman–Crippen MR) is 93.0 cm³/mol. The Labute approximate surface area is 154 Å². The molecule has 0 spiro atoms. The smallest absolute Gasteiger partial charge is 0.354 e. The number of piperidine rings is 1. The molecule has 1 atom stereocenters. The summed E-state index contributed by atoms with van der Waals surface area (Å²) in [6.45, 7) is 0.642. The number of alkyl halides is 3. The summed E-state index contributed by atoms with van der Waals surface area (Å²) in [5.41, 5.74) is -0.848. The van der Waals surface area contributed by atoms with Crippen molar-refractivity contribution in [1.29, 1.82) is 0 Å². The molecular formula is C19H19F4N3O. The molecular weight excluding hydrogens is 362 g/mol. The quantitative estimate of drug-likeness (QED) is 0.755. The van der Waals surface area contributed by atoms with E-state index in [-0.39, 0.29) is 24.0 Å². The van der Waals surface area contributed by atoms with Crippen molar-refractivity contribution >= 4 is 11.7 Å². The number of anilines is 1. The van der Waals surface area contributed by atoms with Crippen LogP contribution in [0.25, 0.3) is 0 Å². The number of likely N-dealkylation sites (N-methyl/N-ethyl adjacent to an activating group) is 1. The molecule has 0 radical (unpaired) electrons. The Kier molecular flexibility index (Phi) is 5.34. The van der Waals surface area contributed by atoms with E-state index in [1.165, 1.54) is 40.3 Å². The number of hydrogen-bond acceptors (Lipinski definition) is 3. The number of pyridine rings is 1. The molecule has 144 valence electrons. The van der Waals surface area contributed by atoms with E-state index in [1.54, 1.807) is 13.1 Å². The first-order valence-corrected chi connectivity index (χ1v) is 8.58. The average Bonchev–Trinajstić information content (AvgIpc) is 2.67. The fourth-order valence-electron chi connectivity index (χ4n) is 3.33. The number of hydrogen-bond donors (Lipinski definition) is 0. The molecule has 2 aromatic rings. The number of rotatable bonds is 3. The molecule has 1 aromatic carbocycles. The summed E-state index contributed by atoms with van der Waals surface area (Å²) in [5.74, 6) is -1.24. The molecule has 1 saturated heterocycles. The van der Waals surface area contributed by atoms with Crippen molar-refractivity contribution in [3.63, 3.8) is 0 Å². The van der Waals surface area contributed by atoms with E-state index in [0.29, 0.717) is 19.4 Å². The average molecular weight is 381 g/mol. The van der Waals surface area contributed by atoms with E-state index in [4.69, 9.17) is 0 Å². The first kappa shape index (κ1) is 19.1. The first-order chi connectivity index (χ1) is 12.8. The highest BCUT2D eigenvalue weighted by atomic mass is 19.4. The zero-order valence-corrected chi connectivity index (χ0v) is 14.7. The van der Waals surface area contributed by atoms with Gasteiger partial charge >= 0.3 is 6.18 Å². The molecule has 1 unspecified atom stereocenters. The van der Waals surface area contributed by atoms with Crippen molar-refractivity contribution < 1.29 is 22.4 Å². The van der Waals surface area contributed by atoms with Crippen LogP contribution in [0.2, 0.25) is 0 Å². The molecule has 1 fully saturated rings. The highest BCUT2D eigenvalue weighted by molar-refractivity contribution is 5.94. The number of halogens is 4. The van der Waals surface area contributed by atoms with Gasteiger partial charge in [-0.15, -0.1) is 0 Å². The summed E-state index contributed by atoms with van der Waals surface area (Å²) >= 11 is 0. The van der Waals surface area contributed by atoms with Crippen LogP contribution >= 0.6 is 0 Å². The van der Waals surface area contributed by atoms with Gasteiger partial charge in [-0.2, -0.15) is 13.2 Å². The fraction of sp³-hybridized carbons (Fsp3) is 0.368. The number of likely N-dealkylation sites (tertiary alicyclic amines) is 1. The molecule has 1 aliphatic heterocycles. The van der Waals surface area contributed by atoms with Gasteiger partial charge in [0.2, 0.25) is 0 Å². The number of amides is 1. The van der Waals surface area contributed by atoms with E-state index in [0.717, 1.165) is 6.07 Å². The Hall–Kier alpha value is -2.64. The Balaban J connectivity index is 1.81. The summed E-state index contributed by atoms with van der Waals surface area (Å²) in [7, 11) is 1.54. The Bertz CT molecular complexity index is 825. The largest absolute Gasteiger partial charge is 0.419 e. The second kappa shape index (κ2) is 7.54. The summed E-state index contributed by atoms with van der Waals surface area (Å²) < 4.78 is 53.7. The highest BCUT2D eigenvalue weighted by Gasteiger charge is 2.37. The van der Waals surface area contributed by atoms with Crippen LogP contribution in [0, 0.1) is 5.82 Å². The summed E-state index contributed by atoms with van der Waals surface area (Å²) in [6, 6.07) is 7.59. The van der Waals surface area contributed by atoms with Gasteiger partial charge in [0, 0.05) is 32.4 Å². The molecule has 1 aromatic heterocycles. The van der Waals surface area contributed by atoms with E-state index < -0.39 is 23.5 Å². The van der Waals surface area contributed by atoms with Gasteiger partial charge < -0.3 is 9.80 Å². The van der Waals surface area contributed by atoms with Gasteiger partial charge in [0.05, 0.1) is 11.1 Å². The molecule has 0 bridgehead atoms. The Morgan fingerprint density at radius 1 is 1.22 bits per heavy atom. The van der Waals surface area contributed by atoms with Crippen molar-refractivity contribution in [3.05, 3.63) is 59.5 Å². The van der Waals surface area contributed by atoms with Crippen LogP contribution in [0.15, 0.2) is 42.6 Å². The lowest BCUT2D eigenvalue weighted by molar-refractivity contribution is -0.137. The van der Waals surface area contributed by atoms with E-state index in [2.05, 4.69) is 4.98 Å². The minimum Gasteiger partial charge on any atom is -0.354 e. The van der Waals surface area contributed by atoms with Gasteiger partial charge in [0.1, 0.15) is 11.6 Å². The van der Waals surface area contributed by atoms with Gasteiger partial charge in [0.15, 0.2) is 0 Å². The number of aromatic nitrogens is 1. The number of carbonyl (C=O) groups is 1. The second-order valence-electron chi connectivity index (χ2n) is 6.51. The molecule has 8 heteroatoms. The van der Waals surface area contributed by atoms with Crippen LogP contribution in [0.5, 0.6) is 0 Å². The molecule has 0 N–H and O–H groups in total.